The van der Waals surface area contributed by atoms with Gasteiger partial charge in [-0.05, 0) is 36.8 Å². The first-order valence-electron chi connectivity index (χ1n) is 5.50. The SMILES string of the molecule is CC(NC(=O)c1cccc(F)n1)c1ccncc1. The van der Waals surface area contributed by atoms with Crippen molar-refractivity contribution in [2.45, 2.75) is 13.0 Å². The van der Waals surface area contributed by atoms with E-state index in [-0.39, 0.29) is 11.7 Å². The molecular formula is C13H12FN3O. The third kappa shape index (κ3) is 2.88. The average Bonchev–Trinajstić information content (AvgIpc) is 2.39. The van der Waals surface area contributed by atoms with Gasteiger partial charge in [0.05, 0.1) is 6.04 Å². The minimum atomic E-state index is -0.667. The van der Waals surface area contributed by atoms with Gasteiger partial charge >= 0.3 is 0 Å². The number of carbonyl (C=O) groups excluding carboxylic acids is 1. The van der Waals surface area contributed by atoms with Crippen molar-refractivity contribution in [1.29, 1.82) is 0 Å². The molecule has 1 N–H and O–H groups in total. The van der Waals surface area contributed by atoms with Crippen molar-refractivity contribution in [3.05, 3.63) is 59.9 Å². The van der Waals surface area contributed by atoms with Crippen LogP contribution in [0.25, 0.3) is 0 Å². The number of carbonyl (C=O) groups is 1. The van der Waals surface area contributed by atoms with Crippen molar-refractivity contribution in [3.8, 4) is 0 Å². The van der Waals surface area contributed by atoms with Gasteiger partial charge in [-0.3, -0.25) is 9.78 Å². The third-order valence-corrected chi connectivity index (χ3v) is 2.50. The number of nitrogens with one attached hydrogen (secondary N) is 1. The second-order valence-electron chi connectivity index (χ2n) is 3.82. The molecule has 0 spiro atoms. The van der Waals surface area contributed by atoms with Crippen LogP contribution in [0.4, 0.5) is 4.39 Å². The number of hydrogen-bond acceptors (Lipinski definition) is 3. The molecule has 2 aromatic heterocycles. The first-order chi connectivity index (χ1) is 8.66. The van der Waals surface area contributed by atoms with E-state index in [1.165, 1.54) is 18.2 Å². The second-order valence-corrected chi connectivity index (χ2v) is 3.82. The number of hydrogen-bond donors (Lipinski definition) is 1. The fraction of sp³-hybridized carbons (Fsp3) is 0.154. The molecule has 0 radical (unpaired) electrons. The molecule has 0 aromatic carbocycles. The molecule has 0 aliphatic rings. The molecule has 5 heteroatoms. The largest absolute Gasteiger partial charge is 0.344 e. The number of nitrogens with zero attached hydrogens (tertiary/aromatic N) is 2. The van der Waals surface area contributed by atoms with Gasteiger partial charge < -0.3 is 5.32 Å². The van der Waals surface area contributed by atoms with E-state index < -0.39 is 11.9 Å². The van der Waals surface area contributed by atoms with E-state index in [0.717, 1.165) is 5.56 Å². The van der Waals surface area contributed by atoms with Crippen molar-refractivity contribution in [3.63, 3.8) is 0 Å². The molecule has 4 nitrogen and oxygen atoms in total. The maximum absolute atomic E-state index is 12.9. The highest BCUT2D eigenvalue weighted by Gasteiger charge is 2.12. The Kier molecular flexibility index (Phi) is 3.62. The zero-order valence-electron chi connectivity index (χ0n) is 9.80. The minimum absolute atomic E-state index is 0.0657. The van der Waals surface area contributed by atoms with Crippen LogP contribution in [0, 0.1) is 5.95 Å². The standard InChI is InChI=1S/C13H12FN3O/c1-9(10-5-7-15-8-6-10)16-13(18)11-3-2-4-12(14)17-11/h2-9H,1H3,(H,16,18). The van der Waals surface area contributed by atoms with Crippen molar-refractivity contribution in [2.75, 3.05) is 0 Å². The van der Waals surface area contributed by atoms with Gasteiger partial charge in [0.25, 0.3) is 5.91 Å². The Labute approximate surface area is 104 Å². The van der Waals surface area contributed by atoms with Crippen LogP contribution in [-0.4, -0.2) is 15.9 Å². The van der Waals surface area contributed by atoms with Crippen LogP contribution in [0.15, 0.2) is 42.7 Å². The molecule has 0 aliphatic carbocycles. The summed E-state index contributed by atoms with van der Waals surface area (Å²) in [5.74, 6) is -1.07. The van der Waals surface area contributed by atoms with E-state index in [4.69, 9.17) is 0 Å². The molecule has 92 valence electrons. The Bertz CT molecular complexity index is 545. The topological polar surface area (TPSA) is 54.9 Å². The Morgan fingerprint density at radius 2 is 2.00 bits per heavy atom. The van der Waals surface area contributed by atoms with Gasteiger partial charge in [-0.25, -0.2) is 4.98 Å². The van der Waals surface area contributed by atoms with Gasteiger partial charge in [0.2, 0.25) is 5.95 Å². The second kappa shape index (κ2) is 5.35. The smallest absolute Gasteiger partial charge is 0.270 e. The maximum atomic E-state index is 12.9. The Morgan fingerprint density at radius 1 is 1.28 bits per heavy atom. The van der Waals surface area contributed by atoms with Gasteiger partial charge in [0, 0.05) is 12.4 Å². The summed E-state index contributed by atoms with van der Waals surface area (Å²) in [4.78, 5) is 19.3. The first-order valence-corrected chi connectivity index (χ1v) is 5.50. The number of halogens is 1. The van der Waals surface area contributed by atoms with E-state index in [1.54, 1.807) is 12.4 Å². The van der Waals surface area contributed by atoms with Gasteiger partial charge in [-0.2, -0.15) is 4.39 Å². The van der Waals surface area contributed by atoms with Crippen molar-refractivity contribution in [1.82, 2.24) is 15.3 Å². The van der Waals surface area contributed by atoms with E-state index in [1.807, 2.05) is 19.1 Å². The van der Waals surface area contributed by atoms with Crippen molar-refractivity contribution >= 4 is 5.91 Å². The van der Waals surface area contributed by atoms with Gasteiger partial charge in [-0.15, -0.1) is 0 Å². The summed E-state index contributed by atoms with van der Waals surface area (Å²) in [6.45, 7) is 1.84. The van der Waals surface area contributed by atoms with Crippen LogP contribution in [0.1, 0.15) is 29.0 Å². The van der Waals surface area contributed by atoms with Gasteiger partial charge in [-0.1, -0.05) is 6.07 Å². The molecule has 0 bridgehead atoms. The first kappa shape index (κ1) is 12.2. The zero-order chi connectivity index (χ0) is 13.0. The summed E-state index contributed by atoms with van der Waals surface area (Å²) in [5, 5.41) is 2.74. The van der Waals surface area contributed by atoms with Crippen LogP contribution in [0.5, 0.6) is 0 Å². The highest BCUT2D eigenvalue weighted by atomic mass is 19.1. The normalized spacial score (nSPS) is 11.9. The molecule has 0 saturated heterocycles. The average molecular weight is 245 g/mol. The van der Waals surface area contributed by atoms with E-state index in [2.05, 4.69) is 15.3 Å². The fourth-order valence-electron chi connectivity index (χ4n) is 1.54. The molecule has 0 aliphatic heterocycles. The molecule has 2 rings (SSSR count). The maximum Gasteiger partial charge on any atom is 0.270 e. The van der Waals surface area contributed by atoms with Gasteiger partial charge in [0.1, 0.15) is 5.69 Å². The Hall–Kier alpha value is -2.30. The van der Waals surface area contributed by atoms with E-state index in [9.17, 15) is 9.18 Å². The van der Waals surface area contributed by atoms with Crippen LogP contribution < -0.4 is 5.32 Å². The molecule has 0 saturated carbocycles. The van der Waals surface area contributed by atoms with E-state index in [0.29, 0.717) is 0 Å². The van der Waals surface area contributed by atoms with Crippen molar-refractivity contribution < 1.29 is 9.18 Å². The van der Waals surface area contributed by atoms with Crippen molar-refractivity contribution in [2.24, 2.45) is 0 Å². The number of rotatable bonds is 3. The lowest BCUT2D eigenvalue weighted by atomic mass is 10.1. The van der Waals surface area contributed by atoms with Gasteiger partial charge in [0.15, 0.2) is 0 Å². The van der Waals surface area contributed by atoms with E-state index >= 15 is 0 Å². The Balaban J connectivity index is 2.08. The number of pyridine rings is 2. The summed E-state index contributed by atoms with van der Waals surface area (Å²) in [6, 6.07) is 7.55. The predicted molar refractivity (Wildman–Crippen MR) is 64.3 cm³/mol. The minimum Gasteiger partial charge on any atom is -0.344 e. The monoisotopic (exact) mass is 245 g/mol. The molecule has 1 unspecified atom stereocenters. The highest BCUT2D eigenvalue weighted by Crippen LogP contribution is 2.11. The molecule has 1 atom stereocenters. The molecule has 2 heterocycles. The number of amides is 1. The van der Waals surface area contributed by atoms with Crippen LogP contribution >= 0.6 is 0 Å². The van der Waals surface area contributed by atoms with Crippen LogP contribution in [-0.2, 0) is 0 Å². The quantitative estimate of drug-likeness (QED) is 0.842. The zero-order valence-corrected chi connectivity index (χ0v) is 9.80. The molecule has 18 heavy (non-hydrogen) atoms. The predicted octanol–water partition coefficient (Wildman–Crippen LogP) is 2.11. The summed E-state index contributed by atoms with van der Waals surface area (Å²) >= 11 is 0. The Morgan fingerprint density at radius 3 is 2.67 bits per heavy atom. The lowest BCUT2D eigenvalue weighted by Gasteiger charge is -2.13. The molecular weight excluding hydrogens is 233 g/mol. The van der Waals surface area contributed by atoms with Crippen LogP contribution in [0.3, 0.4) is 0 Å². The lowest BCUT2D eigenvalue weighted by molar-refractivity contribution is 0.0933. The highest BCUT2D eigenvalue weighted by molar-refractivity contribution is 5.92. The fourth-order valence-corrected chi connectivity index (χ4v) is 1.54. The van der Waals surface area contributed by atoms with Crippen LogP contribution in [0.2, 0.25) is 0 Å². The number of aromatic nitrogens is 2. The lowest BCUT2D eigenvalue weighted by Crippen LogP contribution is -2.27. The summed E-state index contributed by atoms with van der Waals surface area (Å²) in [5.41, 5.74) is 0.991. The summed E-state index contributed by atoms with van der Waals surface area (Å²) in [6.07, 6.45) is 3.30. The molecule has 0 fully saturated rings. The molecule has 2 aromatic rings. The third-order valence-electron chi connectivity index (χ3n) is 2.50. The summed E-state index contributed by atoms with van der Waals surface area (Å²) in [7, 11) is 0. The summed E-state index contributed by atoms with van der Waals surface area (Å²) < 4.78 is 12.9. The molecule has 1 amide bonds.